The van der Waals surface area contributed by atoms with Crippen LogP contribution >= 0.6 is 0 Å². The van der Waals surface area contributed by atoms with Gasteiger partial charge in [-0.25, -0.2) is 0 Å². The Morgan fingerprint density at radius 1 is 1.17 bits per heavy atom. The van der Waals surface area contributed by atoms with E-state index in [1.807, 2.05) is 51.2 Å². The van der Waals surface area contributed by atoms with Crippen molar-refractivity contribution in [2.45, 2.75) is 20.0 Å². The third-order valence-corrected chi connectivity index (χ3v) is 1.49. The van der Waals surface area contributed by atoms with E-state index >= 15 is 0 Å². The summed E-state index contributed by atoms with van der Waals surface area (Å²) >= 11 is 0. The second-order valence-corrected chi connectivity index (χ2v) is 2.99. The lowest BCUT2D eigenvalue weighted by molar-refractivity contribution is 0.0674. The first-order valence-corrected chi connectivity index (χ1v) is 4.15. The Hall–Kier alpha value is -1.02. The highest BCUT2D eigenvalue weighted by atomic mass is 16.7. The summed E-state index contributed by atoms with van der Waals surface area (Å²) in [6.45, 7) is 4.03. The molecule has 0 aliphatic rings. The minimum absolute atomic E-state index is 0.218. The highest BCUT2D eigenvalue weighted by Gasteiger charge is 2.01. The molecule has 0 unspecified atom stereocenters. The maximum Gasteiger partial charge on any atom is 0.0800 e. The van der Waals surface area contributed by atoms with Gasteiger partial charge in [-0.05, 0) is 26.0 Å². The molecule has 0 radical (unpaired) electrons. The van der Waals surface area contributed by atoms with E-state index in [4.69, 9.17) is 4.84 Å². The Balaban J connectivity index is 2.59. The van der Waals surface area contributed by atoms with Gasteiger partial charge in [0.25, 0.3) is 0 Å². The summed E-state index contributed by atoms with van der Waals surface area (Å²) in [5.74, 6) is 0. The molecule has 0 aromatic heterocycles. The molecule has 1 aromatic carbocycles. The lowest BCUT2D eigenvalue weighted by Gasteiger charge is -2.20. The molecule has 0 amide bonds. The van der Waals surface area contributed by atoms with Crippen molar-refractivity contribution in [3.05, 3.63) is 30.3 Å². The molecule has 1 rings (SSSR count). The number of benzene rings is 1. The fraction of sp³-hybridized carbons (Fsp3) is 0.400. The number of anilines is 1. The average Bonchev–Trinajstić information content (AvgIpc) is 2.05. The van der Waals surface area contributed by atoms with Gasteiger partial charge in [0.1, 0.15) is 0 Å². The predicted octanol–water partition coefficient (Wildman–Crippen LogP) is 2.46. The van der Waals surface area contributed by atoms with Gasteiger partial charge in [-0.1, -0.05) is 18.2 Å². The molecule has 0 heterocycles. The molecule has 2 heteroatoms. The predicted molar refractivity (Wildman–Crippen MR) is 51.1 cm³/mol. The van der Waals surface area contributed by atoms with Crippen molar-refractivity contribution < 1.29 is 4.84 Å². The van der Waals surface area contributed by atoms with E-state index in [0.717, 1.165) is 5.69 Å². The Morgan fingerprint density at radius 2 is 1.75 bits per heavy atom. The summed E-state index contributed by atoms with van der Waals surface area (Å²) in [5, 5.41) is 1.78. The van der Waals surface area contributed by atoms with Crippen LogP contribution in [0.25, 0.3) is 0 Å². The zero-order valence-corrected chi connectivity index (χ0v) is 7.82. The van der Waals surface area contributed by atoms with Gasteiger partial charge in [0.2, 0.25) is 0 Å². The van der Waals surface area contributed by atoms with Crippen LogP contribution < -0.4 is 5.06 Å². The van der Waals surface area contributed by atoms with Crippen LogP contribution in [-0.2, 0) is 4.84 Å². The number of para-hydroxylation sites is 1. The van der Waals surface area contributed by atoms with Crippen LogP contribution in [0.15, 0.2) is 30.3 Å². The molecule has 12 heavy (non-hydrogen) atoms. The SMILES string of the molecule is CC(C)ON(C)c1ccccc1. The third kappa shape index (κ3) is 2.55. The quantitative estimate of drug-likeness (QED) is 0.638. The summed E-state index contributed by atoms with van der Waals surface area (Å²) in [7, 11) is 1.91. The lowest BCUT2D eigenvalue weighted by Crippen LogP contribution is -2.21. The summed E-state index contributed by atoms with van der Waals surface area (Å²) in [6, 6.07) is 10.0. The van der Waals surface area contributed by atoms with Crippen LogP contribution in [0.4, 0.5) is 5.69 Å². The molecule has 0 bridgehead atoms. The van der Waals surface area contributed by atoms with Gasteiger partial charge >= 0.3 is 0 Å². The largest absolute Gasteiger partial charge is 0.271 e. The monoisotopic (exact) mass is 165 g/mol. The van der Waals surface area contributed by atoms with E-state index < -0.39 is 0 Å². The van der Waals surface area contributed by atoms with E-state index in [-0.39, 0.29) is 6.10 Å². The molecule has 0 aliphatic carbocycles. The number of hydrogen-bond donors (Lipinski definition) is 0. The van der Waals surface area contributed by atoms with Crippen LogP contribution in [0.1, 0.15) is 13.8 Å². The van der Waals surface area contributed by atoms with Crippen molar-refractivity contribution in [3.63, 3.8) is 0 Å². The first kappa shape index (κ1) is 9.07. The lowest BCUT2D eigenvalue weighted by atomic mass is 10.3. The summed E-state index contributed by atoms with van der Waals surface area (Å²) in [5.41, 5.74) is 1.08. The summed E-state index contributed by atoms with van der Waals surface area (Å²) < 4.78 is 0. The maximum atomic E-state index is 5.47. The number of nitrogens with zero attached hydrogens (tertiary/aromatic N) is 1. The fourth-order valence-electron chi connectivity index (χ4n) is 1.02. The van der Waals surface area contributed by atoms with Crippen molar-refractivity contribution in [2.24, 2.45) is 0 Å². The van der Waals surface area contributed by atoms with Crippen molar-refractivity contribution in [1.29, 1.82) is 0 Å². The van der Waals surface area contributed by atoms with Crippen molar-refractivity contribution in [3.8, 4) is 0 Å². The fourth-order valence-corrected chi connectivity index (χ4v) is 1.02. The van der Waals surface area contributed by atoms with Crippen molar-refractivity contribution in [2.75, 3.05) is 12.1 Å². The Labute approximate surface area is 73.7 Å². The zero-order chi connectivity index (χ0) is 8.97. The molecule has 0 N–H and O–H groups in total. The molecule has 0 saturated heterocycles. The average molecular weight is 165 g/mol. The molecule has 0 saturated carbocycles. The Kier molecular flexibility index (Phi) is 3.11. The minimum atomic E-state index is 0.218. The highest BCUT2D eigenvalue weighted by molar-refractivity contribution is 5.42. The molecule has 0 aliphatic heterocycles. The van der Waals surface area contributed by atoms with Crippen LogP contribution in [0, 0.1) is 0 Å². The van der Waals surface area contributed by atoms with E-state index in [1.165, 1.54) is 0 Å². The van der Waals surface area contributed by atoms with Gasteiger partial charge in [0.05, 0.1) is 11.8 Å². The number of hydrogen-bond acceptors (Lipinski definition) is 2. The standard InChI is InChI=1S/C10H15NO/c1-9(2)12-11(3)10-7-5-4-6-8-10/h4-9H,1-3H3. The zero-order valence-electron chi connectivity index (χ0n) is 7.82. The first-order valence-electron chi connectivity index (χ1n) is 4.15. The van der Waals surface area contributed by atoms with Crippen LogP contribution in [-0.4, -0.2) is 13.2 Å². The first-order chi connectivity index (χ1) is 5.70. The van der Waals surface area contributed by atoms with Gasteiger partial charge in [-0.15, -0.1) is 0 Å². The van der Waals surface area contributed by atoms with Gasteiger partial charge in [0.15, 0.2) is 0 Å². The van der Waals surface area contributed by atoms with Crippen molar-refractivity contribution >= 4 is 5.69 Å². The Bertz CT molecular complexity index is 221. The van der Waals surface area contributed by atoms with Gasteiger partial charge in [-0.3, -0.25) is 9.90 Å². The molecule has 0 fully saturated rings. The maximum absolute atomic E-state index is 5.47. The Morgan fingerprint density at radius 3 is 2.25 bits per heavy atom. The van der Waals surface area contributed by atoms with Crippen molar-refractivity contribution in [1.82, 2.24) is 0 Å². The van der Waals surface area contributed by atoms with Crippen LogP contribution in [0.3, 0.4) is 0 Å². The molecule has 2 nitrogen and oxygen atoms in total. The molecular weight excluding hydrogens is 150 g/mol. The smallest absolute Gasteiger partial charge is 0.0800 e. The molecule has 66 valence electrons. The minimum Gasteiger partial charge on any atom is -0.271 e. The summed E-state index contributed by atoms with van der Waals surface area (Å²) in [6.07, 6.45) is 0.218. The van der Waals surface area contributed by atoms with Gasteiger partial charge < -0.3 is 0 Å². The summed E-state index contributed by atoms with van der Waals surface area (Å²) in [4.78, 5) is 5.47. The molecule has 0 spiro atoms. The molecule has 1 aromatic rings. The van der Waals surface area contributed by atoms with E-state index in [1.54, 1.807) is 5.06 Å². The molecule has 0 atom stereocenters. The van der Waals surface area contributed by atoms with E-state index in [2.05, 4.69) is 0 Å². The molecular formula is C10H15NO. The van der Waals surface area contributed by atoms with Crippen LogP contribution in [0.2, 0.25) is 0 Å². The normalized spacial score (nSPS) is 10.3. The second kappa shape index (κ2) is 4.12. The number of rotatable bonds is 3. The van der Waals surface area contributed by atoms with Crippen LogP contribution in [0.5, 0.6) is 0 Å². The van der Waals surface area contributed by atoms with E-state index in [9.17, 15) is 0 Å². The second-order valence-electron chi connectivity index (χ2n) is 2.99. The highest BCUT2D eigenvalue weighted by Crippen LogP contribution is 2.11. The van der Waals surface area contributed by atoms with Gasteiger partial charge in [0, 0.05) is 7.05 Å². The van der Waals surface area contributed by atoms with Gasteiger partial charge in [-0.2, -0.15) is 0 Å². The third-order valence-electron chi connectivity index (χ3n) is 1.49. The topological polar surface area (TPSA) is 12.5 Å². The van der Waals surface area contributed by atoms with E-state index in [0.29, 0.717) is 0 Å². The number of hydroxylamine groups is 1.